The van der Waals surface area contributed by atoms with Gasteiger partial charge < -0.3 is 20.3 Å². The molecule has 0 heterocycles. The number of benzene rings is 1. The lowest BCUT2D eigenvalue weighted by Gasteiger charge is -2.17. The Bertz CT molecular complexity index is 467. The van der Waals surface area contributed by atoms with E-state index in [1.165, 1.54) is 0 Å². The molecule has 0 fully saturated rings. The first-order valence-corrected chi connectivity index (χ1v) is 8.00. The third-order valence-corrected chi connectivity index (χ3v) is 2.72. The summed E-state index contributed by atoms with van der Waals surface area (Å²) in [6, 6.07) is 9.40. The molecule has 3 N–H and O–H groups in total. The van der Waals surface area contributed by atoms with E-state index in [0.717, 1.165) is 5.56 Å². The van der Waals surface area contributed by atoms with Gasteiger partial charge in [0.05, 0.1) is 6.54 Å². The fourth-order valence-electron chi connectivity index (χ4n) is 1.63. The number of carboxylic acid groups (broad SMARTS) is 2. The van der Waals surface area contributed by atoms with Crippen molar-refractivity contribution in [2.45, 2.75) is 27.4 Å². The molecule has 0 aliphatic heterocycles. The quantitative estimate of drug-likeness (QED) is 0.610. The molecule has 8 heteroatoms. The number of ether oxygens (including phenoxy) is 1. The first kappa shape index (κ1) is 24.6. The molecule has 1 rings (SSSR count). The Hall–Kier alpha value is -2.61. The molecule has 0 radical (unpaired) electrons. The molecule has 0 aliphatic carbocycles. The van der Waals surface area contributed by atoms with Crippen molar-refractivity contribution in [2.75, 3.05) is 26.2 Å². The standard InChI is InChI=1S/C14H20N2O4.C2H6.CH2O2/c1-2-16(10-13(17)18)9-8-15-14(19)20-11-12-6-4-3-5-7-12;1-2;2-1-3/h3-7H,2,8-11H2,1H3,(H,15,19)(H,17,18);1-2H3;1H,(H,2,3). The first-order chi connectivity index (χ1) is 12.0. The second-order valence-corrected chi connectivity index (χ2v) is 4.36. The molecular formula is C17H28N2O6. The second-order valence-electron chi connectivity index (χ2n) is 4.36. The van der Waals surface area contributed by atoms with Crippen molar-refractivity contribution in [3.05, 3.63) is 35.9 Å². The van der Waals surface area contributed by atoms with Crippen molar-refractivity contribution in [3.63, 3.8) is 0 Å². The van der Waals surface area contributed by atoms with Gasteiger partial charge in [0.1, 0.15) is 6.61 Å². The van der Waals surface area contributed by atoms with Crippen LogP contribution in [0.4, 0.5) is 4.79 Å². The summed E-state index contributed by atoms with van der Waals surface area (Å²) >= 11 is 0. The fourth-order valence-corrected chi connectivity index (χ4v) is 1.63. The molecular weight excluding hydrogens is 328 g/mol. The van der Waals surface area contributed by atoms with Gasteiger partial charge in [0, 0.05) is 13.1 Å². The number of nitrogens with one attached hydrogen (secondary N) is 1. The van der Waals surface area contributed by atoms with Gasteiger partial charge >= 0.3 is 12.1 Å². The molecule has 0 aliphatic rings. The summed E-state index contributed by atoms with van der Waals surface area (Å²) in [5.74, 6) is -0.876. The van der Waals surface area contributed by atoms with Crippen LogP contribution in [-0.4, -0.2) is 59.8 Å². The zero-order valence-corrected chi connectivity index (χ0v) is 15.0. The predicted octanol–water partition coefficient (Wildman–Crippen LogP) is 2.05. The number of alkyl carbamates (subject to hydrolysis) is 1. The summed E-state index contributed by atoms with van der Waals surface area (Å²) in [4.78, 5) is 32.1. The van der Waals surface area contributed by atoms with E-state index < -0.39 is 12.1 Å². The van der Waals surface area contributed by atoms with Crippen molar-refractivity contribution in [1.82, 2.24) is 10.2 Å². The summed E-state index contributed by atoms with van der Waals surface area (Å²) in [5, 5.41) is 18.2. The summed E-state index contributed by atoms with van der Waals surface area (Å²) in [7, 11) is 0. The highest BCUT2D eigenvalue weighted by molar-refractivity contribution is 5.69. The second kappa shape index (κ2) is 17.7. The van der Waals surface area contributed by atoms with Crippen LogP contribution >= 0.6 is 0 Å². The van der Waals surface area contributed by atoms with E-state index in [1.54, 1.807) is 4.90 Å². The molecule has 0 unspecified atom stereocenters. The number of rotatable bonds is 8. The van der Waals surface area contributed by atoms with Crippen LogP contribution in [0, 0.1) is 0 Å². The summed E-state index contributed by atoms with van der Waals surface area (Å²) in [5.41, 5.74) is 0.920. The van der Waals surface area contributed by atoms with Crippen molar-refractivity contribution in [3.8, 4) is 0 Å². The number of carboxylic acids is 1. The largest absolute Gasteiger partial charge is 0.483 e. The molecule has 0 atom stereocenters. The Morgan fingerprint density at radius 1 is 1.24 bits per heavy atom. The van der Waals surface area contributed by atoms with Crippen molar-refractivity contribution in [2.24, 2.45) is 0 Å². The Kier molecular flexibility index (Phi) is 17.5. The van der Waals surface area contributed by atoms with Crippen LogP contribution in [0.1, 0.15) is 26.3 Å². The number of hydrogen-bond donors (Lipinski definition) is 3. The van der Waals surface area contributed by atoms with Crippen LogP contribution in [0.5, 0.6) is 0 Å². The normalized spacial score (nSPS) is 8.96. The van der Waals surface area contributed by atoms with Crippen LogP contribution in [-0.2, 0) is 20.9 Å². The Morgan fingerprint density at radius 2 is 1.80 bits per heavy atom. The minimum Gasteiger partial charge on any atom is -0.483 e. The van der Waals surface area contributed by atoms with E-state index >= 15 is 0 Å². The molecule has 1 aromatic carbocycles. The maximum Gasteiger partial charge on any atom is 0.407 e. The molecule has 142 valence electrons. The SMILES string of the molecule is CC.CCN(CCNC(=O)OCc1ccccc1)CC(=O)O.O=CO. The lowest BCUT2D eigenvalue weighted by molar-refractivity contribution is -0.138. The average Bonchev–Trinajstić information content (AvgIpc) is 2.62. The smallest absolute Gasteiger partial charge is 0.407 e. The number of nitrogens with zero attached hydrogens (tertiary/aromatic N) is 1. The van der Waals surface area contributed by atoms with Crippen molar-refractivity contribution >= 4 is 18.5 Å². The lowest BCUT2D eigenvalue weighted by Crippen LogP contribution is -2.37. The Labute approximate surface area is 148 Å². The van der Waals surface area contributed by atoms with E-state index in [9.17, 15) is 9.59 Å². The van der Waals surface area contributed by atoms with Gasteiger partial charge in [-0.15, -0.1) is 0 Å². The van der Waals surface area contributed by atoms with Crippen molar-refractivity contribution < 1.29 is 29.3 Å². The van der Waals surface area contributed by atoms with Gasteiger partial charge in [-0.05, 0) is 12.1 Å². The molecule has 1 aromatic rings. The summed E-state index contributed by atoms with van der Waals surface area (Å²) < 4.78 is 5.04. The van der Waals surface area contributed by atoms with Gasteiger partial charge in [-0.3, -0.25) is 14.5 Å². The van der Waals surface area contributed by atoms with Gasteiger partial charge in [0.2, 0.25) is 0 Å². The zero-order valence-electron chi connectivity index (χ0n) is 15.0. The predicted molar refractivity (Wildman–Crippen MR) is 94.4 cm³/mol. The van der Waals surface area contributed by atoms with E-state index in [4.69, 9.17) is 19.7 Å². The van der Waals surface area contributed by atoms with E-state index in [-0.39, 0.29) is 19.6 Å². The molecule has 0 saturated heterocycles. The third kappa shape index (κ3) is 16.0. The monoisotopic (exact) mass is 356 g/mol. The molecule has 0 saturated carbocycles. The van der Waals surface area contributed by atoms with E-state index in [1.807, 2.05) is 51.1 Å². The number of amides is 1. The van der Waals surface area contributed by atoms with Crippen molar-refractivity contribution in [1.29, 1.82) is 0 Å². The van der Waals surface area contributed by atoms with Gasteiger partial charge in [0.25, 0.3) is 6.47 Å². The van der Waals surface area contributed by atoms with Crippen LogP contribution < -0.4 is 5.32 Å². The molecule has 0 bridgehead atoms. The molecule has 0 aromatic heterocycles. The Balaban J connectivity index is 0. The van der Waals surface area contributed by atoms with Gasteiger partial charge in [-0.25, -0.2) is 4.79 Å². The van der Waals surface area contributed by atoms with Crippen LogP contribution in [0.3, 0.4) is 0 Å². The van der Waals surface area contributed by atoms with Gasteiger partial charge in [0.15, 0.2) is 0 Å². The molecule has 25 heavy (non-hydrogen) atoms. The number of hydrogen-bond acceptors (Lipinski definition) is 5. The maximum absolute atomic E-state index is 11.4. The summed E-state index contributed by atoms with van der Waals surface area (Å²) in [6.07, 6.45) is -0.500. The number of aliphatic carboxylic acids is 1. The van der Waals surface area contributed by atoms with Crippen LogP contribution in [0.2, 0.25) is 0 Å². The van der Waals surface area contributed by atoms with Crippen LogP contribution in [0.25, 0.3) is 0 Å². The average molecular weight is 356 g/mol. The molecule has 0 spiro atoms. The highest BCUT2D eigenvalue weighted by Crippen LogP contribution is 2.00. The van der Waals surface area contributed by atoms with Crippen LogP contribution in [0.15, 0.2) is 30.3 Å². The van der Waals surface area contributed by atoms with E-state index in [0.29, 0.717) is 19.6 Å². The topological polar surface area (TPSA) is 116 Å². The summed E-state index contributed by atoms with van der Waals surface area (Å²) in [6.45, 7) is 7.26. The molecule has 8 nitrogen and oxygen atoms in total. The first-order valence-electron chi connectivity index (χ1n) is 8.00. The molecule has 1 amide bonds. The highest BCUT2D eigenvalue weighted by Gasteiger charge is 2.08. The third-order valence-electron chi connectivity index (χ3n) is 2.72. The Morgan fingerprint density at radius 3 is 2.28 bits per heavy atom. The maximum atomic E-state index is 11.4. The number of likely N-dealkylation sites (N-methyl/N-ethyl adjacent to an activating group) is 1. The van der Waals surface area contributed by atoms with Gasteiger partial charge in [-0.2, -0.15) is 0 Å². The number of carbonyl (C=O) groups is 3. The minimum absolute atomic E-state index is 0.0305. The fraction of sp³-hybridized carbons (Fsp3) is 0.471. The highest BCUT2D eigenvalue weighted by atomic mass is 16.5. The van der Waals surface area contributed by atoms with Gasteiger partial charge in [-0.1, -0.05) is 51.1 Å². The minimum atomic E-state index is -0.876. The zero-order chi connectivity index (χ0) is 19.5. The van der Waals surface area contributed by atoms with E-state index in [2.05, 4.69) is 5.32 Å². The lowest BCUT2D eigenvalue weighted by atomic mass is 10.2. The number of carbonyl (C=O) groups excluding carboxylic acids is 1.